The third-order valence-electron chi connectivity index (χ3n) is 6.50. The molecule has 2 atom stereocenters. The first-order valence-corrected chi connectivity index (χ1v) is 13.1. The fourth-order valence-corrected chi connectivity index (χ4v) is 4.45. The highest BCUT2D eigenvalue weighted by Gasteiger charge is 2.24. The molecule has 0 spiro atoms. The van der Waals surface area contributed by atoms with Crippen molar-refractivity contribution in [2.24, 2.45) is 0 Å². The fraction of sp³-hybridized carbons (Fsp3) is 0.312. The Balaban J connectivity index is 1.79. The van der Waals surface area contributed by atoms with Gasteiger partial charge in [0.25, 0.3) is 11.8 Å². The SMILES string of the molecule is C#CCN(C)C(=O)c1cc(C)cc(C(=O)N[C@@H](Cc2cc(F)cc(F)c2)[C@H](O)CNCc2cccc(CC)c2)c1. The highest BCUT2D eigenvalue weighted by molar-refractivity contribution is 6.00. The van der Waals surface area contributed by atoms with Gasteiger partial charge in [-0.05, 0) is 72.4 Å². The minimum Gasteiger partial charge on any atom is -0.390 e. The van der Waals surface area contributed by atoms with Gasteiger partial charge in [-0.15, -0.1) is 6.42 Å². The number of nitrogens with zero attached hydrogens (tertiary/aromatic N) is 1. The summed E-state index contributed by atoms with van der Waals surface area (Å²) in [5, 5.41) is 17.1. The van der Waals surface area contributed by atoms with E-state index in [1.54, 1.807) is 26.1 Å². The van der Waals surface area contributed by atoms with Crippen LogP contribution in [0.25, 0.3) is 0 Å². The number of carbonyl (C=O) groups excluding carboxylic acids is 2. The quantitative estimate of drug-likeness (QED) is 0.299. The number of rotatable bonds is 12. The van der Waals surface area contributed by atoms with Crippen LogP contribution in [-0.4, -0.2) is 54.1 Å². The number of aliphatic hydroxyl groups excluding tert-OH is 1. The zero-order valence-electron chi connectivity index (χ0n) is 23.0. The van der Waals surface area contributed by atoms with E-state index in [9.17, 15) is 23.5 Å². The van der Waals surface area contributed by atoms with Crippen LogP contribution in [0.3, 0.4) is 0 Å². The van der Waals surface area contributed by atoms with Gasteiger partial charge in [-0.25, -0.2) is 8.78 Å². The van der Waals surface area contributed by atoms with Crippen LogP contribution >= 0.6 is 0 Å². The lowest BCUT2D eigenvalue weighted by Crippen LogP contribution is -2.48. The minimum absolute atomic E-state index is 0.0168. The summed E-state index contributed by atoms with van der Waals surface area (Å²) in [4.78, 5) is 27.4. The number of benzene rings is 3. The summed E-state index contributed by atoms with van der Waals surface area (Å²) in [6, 6.07) is 15.0. The van der Waals surface area contributed by atoms with Crippen LogP contribution in [0, 0.1) is 30.9 Å². The second-order valence-corrected chi connectivity index (χ2v) is 9.89. The summed E-state index contributed by atoms with van der Waals surface area (Å²) in [5.74, 6) is 0.0460. The monoisotopic (exact) mass is 547 g/mol. The van der Waals surface area contributed by atoms with Crippen molar-refractivity contribution in [3.05, 3.63) is 106 Å². The molecule has 0 aliphatic carbocycles. The van der Waals surface area contributed by atoms with Crippen molar-refractivity contribution in [1.29, 1.82) is 0 Å². The molecule has 0 aromatic heterocycles. The molecule has 2 amide bonds. The average molecular weight is 548 g/mol. The smallest absolute Gasteiger partial charge is 0.254 e. The maximum atomic E-state index is 13.9. The number of amides is 2. The van der Waals surface area contributed by atoms with Crippen molar-refractivity contribution >= 4 is 11.8 Å². The number of aliphatic hydroxyl groups is 1. The molecule has 0 aliphatic rings. The van der Waals surface area contributed by atoms with Crippen LogP contribution in [0.4, 0.5) is 8.78 Å². The van der Waals surface area contributed by atoms with Gasteiger partial charge in [-0.1, -0.05) is 37.1 Å². The van der Waals surface area contributed by atoms with Crippen LogP contribution in [0.5, 0.6) is 0 Å². The standard InChI is InChI=1S/C32H35F2N3O3/c1-5-10-37(4)32(40)26-12-21(3)11-25(17-26)31(39)36-29(16-24-14-27(33)18-28(34)15-24)30(38)20-35-19-23-9-7-8-22(6-2)13-23/h1,7-9,11-15,17-18,29-30,35,38H,6,10,16,19-20H2,2-4H3,(H,36,39)/t29-,30+/m0/s1. The Morgan fingerprint density at radius 3 is 2.35 bits per heavy atom. The maximum Gasteiger partial charge on any atom is 0.254 e. The van der Waals surface area contributed by atoms with E-state index in [1.165, 1.54) is 28.7 Å². The molecule has 0 saturated heterocycles. The van der Waals surface area contributed by atoms with Gasteiger partial charge in [-0.3, -0.25) is 9.59 Å². The molecule has 0 saturated carbocycles. The summed E-state index contributed by atoms with van der Waals surface area (Å²) in [5.41, 5.74) is 3.72. The van der Waals surface area contributed by atoms with Gasteiger partial charge < -0.3 is 20.6 Å². The van der Waals surface area contributed by atoms with Crippen LogP contribution in [0.15, 0.2) is 60.7 Å². The third-order valence-corrected chi connectivity index (χ3v) is 6.50. The normalized spacial score (nSPS) is 12.3. The molecular weight excluding hydrogens is 512 g/mol. The van der Waals surface area contributed by atoms with Crippen molar-refractivity contribution in [2.75, 3.05) is 20.1 Å². The summed E-state index contributed by atoms with van der Waals surface area (Å²) >= 11 is 0. The van der Waals surface area contributed by atoms with Gasteiger partial charge in [0.15, 0.2) is 0 Å². The Labute approximate surface area is 234 Å². The van der Waals surface area contributed by atoms with Crippen LogP contribution in [0.2, 0.25) is 0 Å². The molecule has 0 unspecified atom stereocenters. The van der Waals surface area contributed by atoms with Crippen LogP contribution < -0.4 is 10.6 Å². The molecule has 3 aromatic rings. The zero-order chi connectivity index (χ0) is 29.2. The van der Waals surface area contributed by atoms with E-state index in [4.69, 9.17) is 6.42 Å². The van der Waals surface area contributed by atoms with E-state index >= 15 is 0 Å². The molecular formula is C32H35F2N3O3. The van der Waals surface area contributed by atoms with Crippen molar-refractivity contribution in [1.82, 2.24) is 15.5 Å². The Morgan fingerprint density at radius 2 is 1.68 bits per heavy atom. The molecule has 0 radical (unpaired) electrons. The molecule has 0 fully saturated rings. The Bertz CT molecular complexity index is 1370. The van der Waals surface area contributed by atoms with E-state index in [0.29, 0.717) is 17.7 Å². The molecule has 40 heavy (non-hydrogen) atoms. The first-order chi connectivity index (χ1) is 19.1. The predicted octanol–water partition coefficient (Wildman–Crippen LogP) is 4.03. The van der Waals surface area contributed by atoms with Crippen molar-refractivity contribution in [2.45, 2.75) is 45.4 Å². The molecule has 0 aliphatic heterocycles. The molecule has 0 heterocycles. The molecule has 3 aromatic carbocycles. The number of terminal acetylenes is 1. The summed E-state index contributed by atoms with van der Waals surface area (Å²) in [6.45, 7) is 4.56. The number of nitrogens with one attached hydrogen (secondary N) is 2. The van der Waals surface area contributed by atoms with E-state index in [1.807, 2.05) is 18.2 Å². The van der Waals surface area contributed by atoms with Gasteiger partial charge in [0.1, 0.15) is 11.6 Å². The summed E-state index contributed by atoms with van der Waals surface area (Å²) in [6.07, 6.45) is 5.12. The highest BCUT2D eigenvalue weighted by Crippen LogP contribution is 2.15. The Morgan fingerprint density at radius 1 is 1.00 bits per heavy atom. The first-order valence-electron chi connectivity index (χ1n) is 13.1. The number of carbonyl (C=O) groups is 2. The van der Waals surface area contributed by atoms with Crippen LogP contribution in [0.1, 0.15) is 49.9 Å². The second-order valence-electron chi connectivity index (χ2n) is 9.89. The molecule has 3 N–H and O–H groups in total. The predicted molar refractivity (Wildman–Crippen MR) is 152 cm³/mol. The number of hydrogen-bond donors (Lipinski definition) is 3. The Kier molecular flexibility index (Phi) is 10.9. The van der Waals surface area contributed by atoms with Gasteiger partial charge in [-0.2, -0.15) is 0 Å². The maximum absolute atomic E-state index is 13.9. The first kappa shape index (κ1) is 30.5. The molecule has 0 bridgehead atoms. The van der Waals surface area contributed by atoms with Crippen molar-refractivity contribution in [3.8, 4) is 12.3 Å². The van der Waals surface area contributed by atoms with E-state index in [-0.39, 0.29) is 36.5 Å². The van der Waals surface area contributed by atoms with Crippen LogP contribution in [-0.2, 0) is 19.4 Å². The summed E-state index contributed by atoms with van der Waals surface area (Å²) in [7, 11) is 1.57. The third kappa shape index (κ3) is 8.73. The Hall–Kier alpha value is -4.06. The zero-order valence-corrected chi connectivity index (χ0v) is 23.0. The van der Waals surface area contributed by atoms with Crippen molar-refractivity contribution in [3.63, 3.8) is 0 Å². The van der Waals surface area contributed by atoms with E-state index in [2.05, 4.69) is 29.5 Å². The lowest BCUT2D eigenvalue weighted by molar-refractivity contribution is 0.0812. The molecule has 3 rings (SSSR count). The second kappa shape index (κ2) is 14.4. The topological polar surface area (TPSA) is 81.7 Å². The van der Waals surface area contributed by atoms with E-state index in [0.717, 1.165) is 18.1 Å². The van der Waals surface area contributed by atoms with Gasteiger partial charge in [0, 0.05) is 37.3 Å². The highest BCUT2D eigenvalue weighted by atomic mass is 19.1. The molecule has 210 valence electrons. The van der Waals surface area contributed by atoms with Gasteiger partial charge in [0.2, 0.25) is 0 Å². The fourth-order valence-electron chi connectivity index (χ4n) is 4.45. The molecule has 8 heteroatoms. The summed E-state index contributed by atoms with van der Waals surface area (Å²) < 4.78 is 27.8. The lowest BCUT2D eigenvalue weighted by atomic mass is 9.99. The number of aryl methyl sites for hydroxylation is 2. The number of halogens is 2. The lowest BCUT2D eigenvalue weighted by Gasteiger charge is -2.25. The van der Waals surface area contributed by atoms with Gasteiger partial charge >= 0.3 is 0 Å². The average Bonchev–Trinajstić information content (AvgIpc) is 2.91. The number of hydrogen-bond acceptors (Lipinski definition) is 4. The van der Waals surface area contributed by atoms with Crippen molar-refractivity contribution < 1.29 is 23.5 Å². The largest absolute Gasteiger partial charge is 0.390 e. The van der Waals surface area contributed by atoms with Gasteiger partial charge in [0.05, 0.1) is 18.7 Å². The van der Waals surface area contributed by atoms with E-state index < -0.39 is 29.7 Å². The molecule has 6 nitrogen and oxygen atoms in total. The minimum atomic E-state index is -1.09.